The molecule has 0 spiro atoms. The highest BCUT2D eigenvalue weighted by Crippen LogP contribution is 2.16. The Morgan fingerprint density at radius 2 is 1.76 bits per heavy atom. The Bertz CT molecular complexity index is 1040. The number of ether oxygens (including phenoxy) is 1. The summed E-state index contributed by atoms with van der Waals surface area (Å²) in [6.07, 6.45) is 0.968. The minimum Gasteiger partial charge on any atom is -0.435 e. The van der Waals surface area contributed by atoms with Gasteiger partial charge in [0.2, 0.25) is 5.91 Å². The maximum atomic E-state index is 12.7. The van der Waals surface area contributed by atoms with Gasteiger partial charge in [0, 0.05) is 26.1 Å². The van der Waals surface area contributed by atoms with Gasteiger partial charge in [0.15, 0.2) is 0 Å². The molecule has 0 aliphatic heterocycles. The number of nitrogens with one attached hydrogen (secondary N) is 1. The van der Waals surface area contributed by atoms with Crippen molar-refractivity contribution in [3.05, 3.63) is 64.6 Å². The zero-order chi connectivity index (χ0) is 20.8. The molecule has 3 aromatic rings. The molecule has 0 saturated carbocycles. The number of benzene rings is 2. The van der Waals surface area contributed by atoms with Gasteiger partial charge in [-0.2, -0.15) is 8.78 Å². The largest absolute Gasteiger partial charge is 0.435 e. The van der Waals surface area contributed by atoms with Gasteiger partial charge in [-0.05, 0) is 36.2 Å². The van der Waals surface area contributed by atoms with Crippen LogP contribution in [0.1, 0.15) is 25.3 Å². The molecular formula is C21H23F2N3O3. The van der Waals surface area contributed by atoms with E-state index >= 15 is 0 Å². The molecule has 8 heteroatoms. The third kappa shape index (κ3) is 5.01. The van der Waals surface area contributed by atoms with E-state index in [9.17, 15) is 18.4 Å². The predicted octanol–water partition coefficient (Wildman–Crippen LogP) is 3.52. The summed E-state index contributed by atoms with van der Waals surface area (Å²) >= 11 is 0. The van der Waals surface area contributed by atoms with E-state index in [0.29, 0.717) is 12.1 Å². The fraction of sp³-hybridized carbons (Fsp3) is 0.333. The Morgan fingerprint density at radius 3 is 2.41 bits per heavy atom. The Hall–Kier alpha value is -3.16. The second-order valence-electron chi connectivity index (χ2n) is 6.63. The summed E-state index contributed by atoms with van der Waals surface area (Å²) in [6, 6.07) is 13.7. The van der Waals surface area contributed by atoms with Crippen LogP contribution in [0.3, 0.4) is 0 Å². The quantitative estimate of drug-likeness (QED) is 0.595. The minimum absolute atomic E-state index is 0.0436. The van der Waals surface area contributed by atoms with Gasteiger partial charge in [0.05, 0.1) is 11.0 Å². The number of carbonyl (C=O) groups excluding carboxylic acids is 1. The van der Waals surface area contributed by atoms with Crippen LogP contribution in [0.2, 0.25) is 0 Å². The first kappa shape index (κ1) is 20.6. The average Bonchev–Trinajstić information content (AvgIpc) is 2.96. The van der Waals surface area contributed by atoms with Gasteiger partial charge >= 0.3 is 12.3 Å². The van der Waals surface area contributed by atoms with Crippen molar-refractivity contribution in [2.75, 3.05) is 0 Å². The van der Waals surface area contributed by atoms with Crippen LogP contribution in [0.15, 0.2) is 53.3 Å². The first-order valence-electron chi connectivity index (χ1n) is 9.48. The lowest BCUT2D eigenvalue weighted by Crippen LogP contribution is -2.28. The van der Waals surface area contributed by atoms with E-state index in [1.807, 2.05) is 31.2 Å². The van der Waals surface area contributed by atoms with E-state index in [0.717, 1.165) is 17.5 Å². The highest BCUT2D eigenvalue weighted by Gasteiger charge is 2.13. The normalized spacial score (nSPS) is 11.2. The molecule has 0 fully saturated rings. The van der Waals surface area contributed by atoms with Crippen molar-refractivity contribution in [2.24, 2.45) is 0 Å². The van der Waals surface area contributed by atoms with E-state index in [4.69, 9.17) is 0 Å². The van der Waals surface area contributed by atoms with Crippen LogP contribution in [0, 0.1) is 0 Å². The Morgan fingerprint density at radius 1 is 1.07 bits per heavy atom. The standard InChI is InChI=1S/C21H23F2N3O3/c1-2-11-25-17-8-3-4-9-18(17)26(21(25)28)12-10-19(27)24-14-15-6-5-7-16(13-15)29-20(22)23/h3-9,13,20H,2,10-12,14H2,1H3,(H,24,27). The van der Waals surface area contributed by atoms with Crippen LogP contribution in [-0.2, 0) is 24.4 Å². The molecule has 0 unspecified atom stereocenters. The van der Waals surface area contributed by atoms with Crippen LogP contribution in [0.4, 0.5) is 8.78 Å². The number of nitrogens with zero attached hydrogens (tertiary/aromatic N) is 2. The molecule has 0 atom stereocenters. The SMILES string of the molecule is CCCn1c(=O)n(CCC(=O)NCc2cccc(OC(F)F)c2)c2ccccc21. The molecule has 0 aliphatic rings. The van der Waals surface area contributed by atoms with Gasteiger partial charge in [0.1, 0.15) is 5.75 Å². The summed E-state index contributed by atoms with van der Waals surface area (Å²) in [4.78, 5) is 25.0. The summed E-state index contributed by atoms with van der Waals surface area (Å²) < 4.78 is 32.3. The van der Waals surface area contributed by atoms with Gasteiger partial charge in [-0.15, -0.1) is 0 Å². The topological polar surface area (TPSA) is 65.3 Å². The van der Waals surface area contributed by atoms with Gasteiger partial charge in [0.25, 0.3) is 0 Å². The number of aryl methyl sites for hydroxylation is 2. The molecule has 0 bridgehead atoms. The zero-order valence-corrected chi connectivity index (χ0v) is 16.1. The molecule has 1 N–H and O–H groups in total. The van der Waals surface area contributed by atoms with Gasteiger partial charge < -0.3 is 10.1 Å². The van der Waals surface area contributed by atoms with Crippen LogP contribution in [0.25, 0.3) is 11.0 Å². The van der Waals surface area contributed by atoms with E-state index in [-0.39, 0.29) is 36.9 Å². The van der Waals surface area contributed by atoms with Gasteiger partial charge in [-0.3, -0.25) is 13.9 Å². The number of para-hydroxylation sites is 2. The number of imidazole rings is 1. The lowest BCUT2D eigenvalue weighted by atomic mass is 10.2. The Kier molecular flexibility index (Phi) is 6.64. The van der Waals surface area contributed by atoms with Crippen LogP contribution in [-0.4, -0.2) is 21.7 Å². The lowest BCUT2D eigenvalue weighted by Gasteiger charge is -2.09. The highest BCUT2D eigenvalue weighted by molar-refractivity contribution is 5.78. The van der Waals surface area contributed by atoms with E-state index < -0.39 is 6.61 Å². The predicted molar refractivity (Wildman–Crippen MR) is 106 cm³/mol. The minimum atomic E-state index is -2.90. The number of aromatic nitrogens is 2. The monoisotopic (exact) mass is 403 g/mol. The number of hydrogen-bond donors (Lipinski definition) is 1. The molecule has 0 aliphatic carbocycles. The molecular weight excluding hydrogens is 380 g/mol. The van der Waals surface area contributed by atoms with Crippen molar-refractivity contribution in [3.8, 4) is 5.75 Å². The Labute approximate surface area is 166 Å². The number of fused-ring (bicyclic) bond motifs is 1. The van der Waals surface area contributed by atoms with Crippen LogP contribution < -0.4 is 15.7 Å². The van der Waals surface area contributed by atoms with Crippen molar-refractivity contribution in [2.45, 2.75) is 46.0 Å². The van der Waals surface area contributed by atoms with Crippen molar-refractivity contribution in [1.29, 1.82) is 0 Å². The third-order valence-corrected chi connectivity index (χ3v) is 4.55. The Balaban J connectivity index is 1.63. The summed E-state index contributed by atoms with van der Waals surface area (Å²) in [6.45, 7) is 0.179. The molecule has 1 aromatic heterocycles. The first-order valence-corrected chi connectivity index (χ1v) is 9.48. The van der Waals surface area contributed by atoms with E-state index in [2.05, 4.69) is 10.1 Å². The second-order valence-corrected chi connectivity index (χ2v) is 6.63. The third-order valence-electron chi connectivity index (χ3n) is 4.55. The smallest absolute Gasteiger partial charge is 0.387 e. The van der Waals surface area contributed by atoms with E-state index in [1.54, 1.807) is 21.3 Å². The zero-order valence-electron chi connectivity index (χ0n) is 16.1. The van der Waals surface area contributed by atoms with Gasteiger partial charge in [-0.25, -0.2) is 4.79 Å². The summed E-state index contributed by atoms with van der Waals surface area (Å²) in [5.41, 5.74) is 2.18. The molecule has 2 aromatic carbocycles. The fourth-order valence-electron chi connectivity index (χ4n) is 3.26. The average molecular weight is 403 g/mol. The summed E-state index contributed by atoms with van der Waals surface area (Å²) in [7, 11) is 0. The molecule has 0 saturated heterocycles. The van der Waals surface area contributed by atoms with Crippen molar-refractivity contribution in [3.63, 3.8) is 0 Å². The maximum Gasteiger partial charge on any atom is 0.387 e. The number of hydrogen-bond acceptors (Lipinski definition) is 3. The molecule has 1 amide bonds. The van der Waals surface area contributed by atoms with Crippen molar-refractivity contribution < 1.29 is 18.3 Å². The van der Waals surface area contributed by atoms with Crippen molar-refractivity contribution >= 4 is 16.9 Å². The molecule has 3 rings (SSSR count). The number of carbonyl (C=O) groups is 1. The molecule has 0 radical (unpaired) electrons. The molecule has 6 nitrogen and oxygen atoms in total. The maximum absolute atomic E-state index is 12.7. The van der Waals surface area contributed by atoms with Gasteiger partial charge in [-0.1, -0.05) is 31.2 Å². The molecule has 29 heavy (non-hydrogen) atoms. The number of halogens is 2. The van der Waals surface area contributed by atoms with Crippen LogP contribution >= 0.6 is 0 Å². The number of amides is 1. The molecule has 154 valence electrons. The number of rotatable bonds is 9. The second kappa shape index (κ2) is 9.36. The lowest BCUT2D eigenvalue weighted by molar-refractivity contribution is -0.121. The fourth-order valence-corrected chi connectivity index (χ4v) is 3.26. The molecule has 1 heterocycles. The summed E-state index contributed by atoms with van der Waals surface area (Å²) in [5, 5.41) is 2.75. The number of alkyl halides is 2. The van der Waals surface area contributed by atoms with E-state index in [1.165, 1.54) is 12.1 Å². The summed E-state index contributed by atoms with van der Waals surface area (Å²) in [5.74, 6) is -0.188. The first-order chi connectivity index (χ1) is 14.0. The van der Waals surface area contributed by atoms with Crippen molar-refractivity contribution in [1.82, 2.24) is 14.5 Å². The highest BCUT2D eigenvalue weighted by atomic mass is 19.3. The van der Waals surface area contributed by atoms with Crippen LogP contribution in [0.5, 0.6) is 5.75 Å².